The molecule has 1 saturated carbocycles. The predicted molar refractivity (Wildman–Crippen MR) is 121 cm³/mol. The van der Waals surface area contributed by atoms with Crippen molar-refractivity contribution in [2.75, 3.05) is 0 Å². The van der Waals surface area contributed by atoms with Crippen LogP contribution in [0.1, 0.15) is 62.1 Å². The SMILES string of the molecule is CC[C@@H](C(=O)NC1CCCCC1)N(Cc1cccc(C)c1)C(=O)Cc1ccccc1. The van der Waals surface area contributed by atoms with Crippen molar-refractivity contribution in [3.8, 4) is 0 Å². The first kappa shape index (κ1) is 22.1. The zero-order valence-corrected chi connectivity index (χ0v) is 18.3. The molecule has 2 aromatic carbocycles. The summed E-state index contributed by atoms with van der Waals surface area (Å²) in [7, 11) is 0. The van der Waals surface area contributed by atoms with E-state index in [0.29, 0.717) is 19.4 Å². The summed E-state index contributed by atoms with van der Waals surface area (Å²) in [4.78, 5) is 28.3. The lowest BCUT2D eigenvalue weighted by Gasteiger charge is -2.33. The van der Waals surface area contributed by atoms with Crippen LogP contribution in [0.3, 0.4) is 0 Å². The standard InChI is InChI=1S/C26H34N2O2/c1-3-24(26(30)27-23-15-8-5-9-16-23)28(19-22-14-10-11-20(2)17-22)25(29)18-21-12-6-4-7-13-21/h4,6-7,10-14,17,23-24H,3,5,8-9,15-16,18-19H2,1-2H3,(H,27,30)/t24-/m0/s1. The Hall–Kier alpha value is -2.62. The molecule has 0 saturated heterocycles. The van der Waals surface area contributed by atoms with E-state index in [2.05, 4.69) is 11.4 Å². The van der Waals surface area contributed by atoms with Gasteiger partial charge in [0.05, 0.1) is 6.42 Å². The van der Waals surface area contributed by atoms with E-state index in [1.165, 1.54) is 19.3 Å². The summed E-state index contributed by atoms with van der Waals surface area (Å²) >= 11 is 0. The fourth-order valence-corrected chi connectivity index (χ4v) is 4.34. The maximum Gasteiger partial charge on any atom is 0.243 e. The Morgan fingerprint density at radius 2 is 1.70 bits per heavy atom. The lowest BCUT2D eigenvalue weighted by Crippen LogP contribution is -2.51. The zero-order chi connectivity index (χ0) is 21.3. The van der Waals surface area contributed by atoms with Crippen molar-refractivity contribution in [3.05, 3.63) is 71.3 Å². The summed E-state index contributed by atoms with van der Waals surface area (Å²) in [5.74, 6) is -0.0215. The number of amides is 2. The van der Waals surface area contributed by atoms with E-state index in [0.717, 1.165) is 29.5 Å². The van der Waals surface area contributed by atoms with Gasteiger partial charge in [0, 0.05) is 12.6 Å². The smallest absolute Gasteiger partial charge is 0.243 e. The molecule has 160 valence electrons. The first-order chi connectivity index (χ1) is 14.6. The lowest BCUT2D eigenvalue weighted by molar-refractivity contribution is -0.141. The van der Waals surface area contributed by atoms with Gasteiger partial charge in [-0.1, -0.05) is 86.3 Å². The number of carbonyl (C=O) groups excluding carboxylic acids is 2. The van der Waals surface area contributed by atoms with Crippen LogP contribution in [0.2, 0.25) is 0 Å². The van der Waals surface area contributed by atoms with Crippen LogP contribution in [0, 0.1) is 6.92 Å². The number of nitrogens with one attached hydrogen (secondary N) is 1. The molecule has 4 nitrogen and oxygen atoms in total. The number of hydrogen-bond acceptors (Lipinski definition) is 2. The van der Waals surface area contributed by atoms with Crippen LogP contribution < -0.4 is 5.32 Å². The van der Waals surface area contributed by atoms with Gasteiger partial charge >= 0.3 is 0 Å². The van der Waals surface area contributed by atoms with Gasteiger partial charge in [-0.3, -0.25) is 9.59 Å². The van der Waals surface area contributed by atoms with Crippen molar-refractivity contribution in [3.63, 3.8) is 0 Å². The van der Waals surface area contributed by atoms with Crippen LogP contribution in [0.15, 0.2) is 54.6 Å². The molecule has 2 aromatic rings. The highest BCUT2D eigenvalue weighted by Crippen LogP contribution is 2.19. The predicted octanol–water partition coefficient (Wildman–Crippen LogP) is 4.79. The summed E-state index contributed by atoms with van der Waals surface area (Å²) in [5, 5.41) is 3.23. The summed E-state index contributed by atoms with van der Waals surface area (Å²) < 4.78 is 0. The second kappa shape index (κ2) is 11.0. The summed E-state index contributed by atoms with van der Waals surface area (Å²) in [5.41, 5.74) is 3.18. The number of nitrogens with zero attached hydrogens (tertiary/aromatic N) is 1. The Morgan fingerprint density at radius 1 is 1.00 bits per heavy atom. The number of carbonyl (C=O) groups is 2. The average Bonchev–Trinajstić information content (AvgIpc) is 2.75. The number of rotatable bonds is 8. The van der Waals surface area contributed by atoms with Crippen molar-refractivity contribution >= 4 is 11.8 Å². The highest BCUT2D eigenvalue weighted by Gasteiger charge is 2.30. The second-order valence-electron chi connectivity index (χ2n) is 8.44. The summed E-state index contributed by atoms with van der Waals surface area (Å²) in [6.45, 7) is 4.49. The number of aryl methyl sites for hydroxylation is 1. The second-order valence-corrected chi connectivity index (χ2v) is 8.44. The largest absolute Gasteiger partial charge is 0.352 e. The minimum absolute atomic E-state index is 0.00616. The third-order valence-corrected chi connectivity index (χ3v) is 5.97. The highest BCUT2D eigenvalue weighted by molar-refractivity contribution is 5.88. The van der Waals surface area contributed by atoms with Crippen LogP contribution in [0.25, 0.3) is 0 Å². The molecule has 2 amide bonds. The van der Waals surface area contributed by atoms with Gasteiger partial charge in [0.25, 0.3) is 0 Å². The summed E-state index contributed by atoms with van der Waals surface area (Å²) in [6.07, 6.45) is 6.57. The Kier molecular flexibility index (Phi) is 8.06. The fraction of sp³-hybridized carbons (Fsp3) is 0.462. The Balaban J connectivity index is 1.79. The summed E-state index contributed by atoms with van der Waals surface area (Å²) in [6, 6.07) is 17.7. The molecule has 0 aromatic heterocycles. The molecule has 3 rings (SSSR count). The minimum Gasteiger partial charge on any atom is -0.352 e. The van der Waals surface area contributed by atoms with Gasteiger partial charge in [-0.2, -0.15) is 0 Å². The van der Waals surface area contributed by atoms with Crippen LogP contribution in [0.5, 0.6) is 0 Å². The van der Waals surface area contributed by atoms with Gasteiger partial charge in [-0.05, 0) is 37.3 Å². The molecule has 1 N–H and O–H groups in total. The molecular formula is C26H34N2O2. The third kappa shape index (κ3) is 6.19. The fourth-order valence-electron chi connectivity index (χ4n) is 4.34. The number of hydrogen-bond donors (Lipinski definition) is 1. The molecule has 30 heavy (non-hydrogen) atoms. The molecule has 1 fully saturated rings. The van der Waals surface area contributed by atoms with Gasteiger partial charge in [-0.25, -0.2) is 0 Å². The van der Waals surface area contributed by atoms with Gasteiger partial charge in [0.1, 0.15) is 6.04 Å². The molecule has 1 atom stereocenters. The molecule has 1 aliphatic carbocycles. The van der Waals surface area contributed by atoms with E-state index < -0.39 is 6.04 Å². The van der Waals surface area contributed by atoms with Gasteiger partial charge in [-0.15, -0.1) is 0 Å². The van der Waals surface area contributed by atoms with Crippen molar-refractivity contribution < 1.29 is 9.59 Å². The van der Waals surface area contributed by atoms with Crippen molar-refractivity contribution in [2.45, 2.75) is 77.4 Å². The van der Waals surface area contributed by atoms with Crippen molar-refractivity contribution in [2.24, 2.45) is 0 Å². The van der Waals surface area contributed by atoms with Crippen molar-refractivity contribution in [1.29, 1.82) is 0 Å². The normalized spacial score (nSPS) is 15.4. The molecule has 0 spiro atoms. The Bertz CT molecular complexity index is 828. The quantitative estimate of drug-likeness (QED) is 0.685. The molecule has 0 unspecified atom stereocenters. The molecule has 4 heteroatoms. The molecule has 0 aliphatic heterocycles. The maximum atomic E-state index is 13.3. The lowest BCUT2D eigenvalue weighted by atomic mass is 9.95. The maximum absolute atomic E-state index is 13.3. The highest BCUT2D eigenvalue weighted by atomic mass is 16.2. The molecular weight excluding hydrogens is 372 g/mol. The van der Waals surface area contributed by atoms with Gasteiger partial charge in [0.2, 0.25) is 11.8 Å². The first-order valence-corrected chi connectivity index (χ1v) is 11.3. The van der Waals surface area contributed by atoms with Crippen LogP contribution in [0.4, 0.5) is 0 Å². The van der Waals surface area contributed by atoms with E-state index in [-0.39, 0.29) is 17.9 Å². The van der Waals surface area contributed by atoms with Crippen LogP contribution in [-0.4, -0.2) is 28.8 Å². The molecule has 0 radical (unpaired) electrons. The van der Waals surface area contributed by atoms with Crippen molar-refractivity contribution in [1.82, 2.24) is 10.2 Å². The molecule has 1 aliphatic rings. The van der Waals surface area contributed by atoms with E-state index in [1.54, 1.807) is 4.90 Å². The van der Waals surface area contributed by atoms with Gasteiger partial charge in [0.15, 0.2) is 0 Å². The van der Waals surface area contributed by atoms with Crippen LogP contribution in [-0.2, 0) is 22.6 Å². The Morgan fingerprint density at radius 3 is 2.37 bits per heavy atom. The Labute approximate surface area is 180 Å². The minimum atomic E-state index is -0.455. The zero-order valence-electron chi connectivity index (χ0n) is 18.3. The third-order valence-electron chi connectivity index (χ3n) is 5.97. The monoisotopic (exact) mass is 406 g/mol. The number of benzene rings is 2. The van der Waals surface area contributed by atoms with E-state index in [9.17, 15) is 9.59 Å². The van der Waals surface area contributed by atoms with Crippen LogP contribution >= 0.6 is 0 Å². The average molecular weight is 407 g/mol. The van der Waals surface area contributed by atoms with E-state index in [1.807, 2.05) is 62.4 Å². The van der Waals surface area contributed by atoms with Gasteiger partial charge < -0.3 is 10.2 Å². The topological polar surface area (TPSA) is 49.4 Å². The van der Waals surface area contributed by atoms with E-state index in [4.69, 9.17) is 0 Å². The molecule has 0 heterocycles. The van der Waals surface area contributed by atoms with E-state index >= 15 is 0 Å². The first-order valence-electron chi connectivity index (χ1n) is 11.3. The molecule has 0 bridgehead atoms.